The van der Waals surface area contributed by atoms with Crippen molar-refractivity contribution in [3.05, 3.63) is 95.7 Å². The molecule has 0 aliphatic carbocycles. The van der Waals surface area contributed by atoms with Gasteiger partial charge in [0.1, 0.15) is 0 Å². The van der Waals surface area contributed by atoms with Gasteiger partial charge >= 0.3 is 20.1 Å². The number of pyridine rings is 1. The molecule has 0 atom stereocenters. The quantitative estimate of drug-likeness (QED) is 0.247. The van der Waals surface area contributed by atoms with E-state index in [0.29, 0.717) is 5.69 Å². The Morgan fingerprint density at radius 2 is 1.65 bits per heavy atom. The van der Waals surface area contributed by atoms with Gasteiger partial charge in [0.15, 0.2) is 0 Å². The fourth-order valence-electron chi connectivity index (χ4n) is 2.21. The molecule has 2 aromatic carbocycles. The molecular weight excluding hydrogens is 588 g/mol. The van der Waals surface area contributed by atoms with Crippen LogP contribution >= 0.6 is 0 Å². The van der Waals surface area contributed by atoms with Crippen LogP contribution in [0.25, 0.3) is 16.7 Å². The Morgan fingerprint density at radius 3 is 2.23 bits per heavy atom. The summed E-state index contributed by atoms with van der Waals surface area (Å²) in [7, 11) is 3.76. The third kappa shape index (κ3) is 7.96. The Hall–Kier alpha value is -3.03. The van der Waals surface area contributed by atoms with Gasteiger partial charge in [0.05, 0.1) is 0 Å². The van der Waals surface area contributed by atoms with E-state index in [1.165, 1.54) is 12.3 Å². The van der Waals surface area contributed by atoms with Gasteiger partial charge in [0, 0.05) is 49.2 Å². The van der Waals surface area contributed by atoms with E-state index >= 15 is 0 Å². The maximum Gasteiger partial charge on any atom is 3.00 e. The molecule has 1 aromatic heterocycles. The Bertz CT molecular complexity index is 1040. The van der Waals surface area contributed by atoms with E-state index in [-0.39, 0.29) is 31.4 Å². The number of hydrogen-bond acceptors (Lipinski definition) is 3. The molecule has 0 radical (unpaired) electrons. The number of nitrogens with one attached hydrogen (secondary N) is 1. The van der Waals surface area contributed by atoms with E-state index in [2.05, 4.69) is 22.4 Å². The molecule has 162 valence electrons. The molecule has 0 bridgehead atoms. The normalized spacial score (nSPS) is 10.0. The first-order valence-corrected chi connectivity index (χ1v) is 8.58. The van der Waals surface area contributed by atoms with Crippen molar-refractivity contribution in [3.63, 3.8) is 0 Å². The second-order valence-electron chi connectivity index (χ2n) is 6.03. The van der Waals surface area contributed by atoms with Crippen LogP contribution in [0, 0.1) is 35.4 Å². The topological polar surface area (TPSA) is 50.5 Å². The van der Waals surface area contributed by atoms with Crippen molar-refractivity contribution in [2.45, 2.75) is 0 Å². The van der Waals surface area contributed by atoms with Crippen molar-refractivity contribution in [3.8, 4) is 11.3 Å². The van der Waals surface area contributed by atoms with E-state index in [0.717, 1.165) is 36.2 Å². The predicted molar refractivity (Wildman–Crippen MR) is 110 cm³/mol. The molecule has 1 N–H and O–H groups in total. The zero-order valence-electron chi connectivity index (χ0n) is 16.5. The first kappa shape index (κ1) is 26.0. The van der Waals surface area contributed by atoms with Gasteiger partial charge in [-0.1, -0.05) is 23.8 Å². The summed E-state index contributed by atoms with van der Waals surface area (Å²) in [6.07, 6.45) is 4.93. The van der Waals surface area contributed by atoms with Gasteiger partial charge in [-0.2, -0.15) is 12.3 Å². The van der Waals surface area contributed by atoms with E-state index in [9.17, 15) is 17.6 Å². The first-order chi connectivity index (χ1) is 14.3. The van der Waals surface area contributed by atoms with E-state index in [4.69, 9.17) is 5.41 Å². The van der Waals surface area contributed by atoms with E-state index in [1.807, 2.05) is 25.1 Å². The summed E-state index contributed by atoms with van der Waals surface area (Å²) in [6.45, 7) is 0. The molecule has 0 fully saturated rings. The van der Waals surface area contributed by atoms with Gasteiger partial charge in [-0.05, 0) is 23.6 Å². The number of nitrogens with zero attached hydrogens (tertiary/aromatic N) is 3. The molecule has 0 amide bonds. The van der Waals surface area contributed by atoms with Crippen LogP contribution in [0.4, 0.5) is 28.9 Å². The van der Waals surface area contributed by atoms with Gasteiger partial charge in [-0.25, -0.2) is 0 Å². The van der Waals surface area contributed by atoms with E-state index in [1.54, 1.807) is 12.3 Å². The molecule has 0 saturated carbocycles. The Balaban J connectivity index is 0.000000311. The molecule has 0 unspecified atom stereocenters. The van der Waals surface area contributed by atoms with Crippen LogP contribution in [-0.4, -0.2) is 25.3 Å². The van der Waals surface area contributed by atoms with Crippen molar-refractivity contribution in [1.82, 2.24) is 4.98 Å². The Kier molecular flexibility index (Phi) is 10.6. The van der Waals surface area contributed by atoms with Crippen molar-refractivity contribution in [1.29, 1.82) is 0 Å². The number of benzene rings is 2. The van der Waals surface area contributed by atoms with Crippen LogP contribution in [0.5, 0.6) is 0 Å². The Labute approximate surface area is 191 Å². The van der Waals surface area contributed by atoms with Crippen molar-refractivity contribution < 1.29 is 37.7 Å². The second kappa shape index (κ2) is 12.6. The predicted octanol–water partition coefficient (Wildman–Crippen LogP) is 5.22. The fourth-order valence-corrected chi connectivity index (χ4v) is 2.21. The average molecular weight is 606 g/mol. The molecule has 3 rings (SSSR count). The van der Waals surface area contributed by atoms with Gasteiger partial charge in [-0.15, -0.1) is 24.3 Å². The summed E-state index contributed by atoms with van der Waals surface area (Å²) in [4.78, 5) is 5.94. The van der Waals surface area contributed by atoms with Crippen LogP contribution < -0.4 is 10.2 Å². The minimum Gasteiger partial charge on any atom is -0.811 e. The molecule has 0 aliphatic rings. The minimum atomic E-state index is -0.734. The molecular formula is C22H17F4IrN4. The third-order valence-electron chi connectivity index (χ3n) is 3.64. The van der Waals surface area contributed by atoms with Gasteiger partial charge in [0.25, 0.3) is 0 Å². The second-order valence-corrected chi connectivity index (χ2v) is 6.03. The van der Waals surface area contributed by atoms with Gasteiger partial charge < -0.3 is 20.6 Å². The number of hydrogen-bond donors (Lipinski definition) is 1. The monoisotopic (exact) mass is 606 g/mol. The van der Waals surface area contributed by atoms with Crippen molar-refractivity contribution in [2.75, 3.05) is 24.3 Å². The molecule has 1 heterocycles. The SMILES string of the molecule is CN(C)c1ccnc(-c2[c-]cc(F)cc2F)c1.[Ir+3].[N-]=C/C=C\Nc1[c-]cc(F)cc1F. The van der Waals surface area contributed by atoms with Crippen LogP contribution in [-0.2, 0) is 20.1 Å². The number of aromatic nitrogens is 1. The van der Waals surface area contributed by atoms with Crippen LogP contribution in [0.15, 0.2) is 54.9 Å². The first-order valence-electron chi connectivity index (χ1n) is 8.58. The maximum absolute atomic E-state index is 13.5. The van der Waals surface area contributed by atoms with Crippen molar-refractivity contribution in [2.24, 2.45) is 0 Å². The molecule has 0 spiro atoms. The summed E-state index contributed by atoms with van der Waals surface area (Å²) in [6, 6.07) is 12.1. The maximum atomic E-state index is 13.5. The number of allylic oxidation sites excluding steroid dienone is 1. The summed E-state index contributed by atoms with van der Waals surface area (Å²) < 4.78 is 51.5. The summed E-state index contributed by atoms with van der Waals surface area (Å²) >= 11 is 0. The summed E-state index contributed by atoms with van der Waals surface area (Å²) in [5.41, 5.74) is 1.54. The molecule has 31 heavy (non-hydrogen) atoms. The zero-order chi connectivity index (χ0) is 22.1. The number of halogens is 4. The summed E-state index contributed by atoms with van der Waals surface area (Å²) in [5, 5.41) is 10.7. The third-order valence-corrected chi connectivity index (χ3v) is 3.64. The standard InChI is InChI=1S/C13H11F2N2.C9H6F2N2.Ir/c1-17(2)10-5-6-16-13(8-10)11-4-3-9(14)7-12(11)15;10-7-2-3-9(8(11)6-7)13-5-1-4-12;/h3,5-8H,1-2H3;1-2,4-6,13H;/q-1;-2;+3/b;5-1-;. The summed E-state index contributed by atoms with van der Waals surface area (Å²) in [5.74, 6) is -2.72. The molecule has 3 aromatic rings. The molecule has 4 nitrogen and oxygen atoms in total. The largest absolute Gasteiger partial charge is 3.00 e. The fraction of sp³-hybridized carbons (Fsp3) is 0.0909. The number of rotatable bonds is 5. The van der Waals surface area contributed by atoms with E-state index < -0.39 is 23.3 Å². The van der Waals surface area contributed by atoms with Gasteiger partial charge in [-0.3, -0.25) is 17.6 Å². The Morgan fingerprint density at radius 1 is 1.00 bits per heavy atom. The molecule has 0 aliphatic heterocycles. The molecule has 9 heteroatoms. The van der Waals surface area contributed by atoms with Gasteiger partial charge in [0.2, 0.25) is 0 Å². The van der Waals surface area contributed by atoms with Crippen LogP contribution in [0.2, 0.25) is 0 Å². The molecule has 0 saturated heterocycles. The smallest absolute Gasteiger partial charge is 0.811 e. The van der Waals surface area contributed by atoms with Crippen molar-refractivity contribution >= 4 is 17.6 Å². The number of anilines is 2. The van der Waals surface area contributed by atoms with Crippen LogP contribution in [0.3, 0.4) is 0 Å². The average Bonchev–Trinajstić information content (AvgIpc) is 2.70. The zero-order valence-corrected chi connectivity index (χ0v) is 18.9. The minimum absolute atomic E-state index is 0. The van der Waals surface area contributed by atoms with Crippen LogP contribution in [0.1, 0.15) is 0 Å².